The Morgan fingerprint density at radius 3 is 2.14 bits per heavy atom. The molecule has 0 aliphatic heterocycles. The summed E-state index contributed by atoms with van der Waals surface area (Å²) in [5.74, 6) is -1.94. The van der Waals surface area contributed by atoms with Crippen LogP contribution in [0.25, 0.3) is 0 Å². The van der Waals surface area contributed by atoms with Crippen molar-refractivity contribution >= 4 is 27.6 Å². The lowest BCUT2D eigenvalue weighted by molar-refractivity contribution is -0.645. The molecule has 0 spiro atoms. The highest BCUT2D eigenvalue weighted by atomic mass is 33.1. The molecule has 0 saturated heterocycles. The number of alkyl halides is 3. The number of carbonyl (C=O) groups is 1. The maximum atomic E-state index is 11.4. The first-order valence-electron chi connectivity index (χ1n) is 8.00. The van der Waals surface area contributed by atoms with E-state index in [4.69, 9.17) is 29.8 Å². The molecule has 162 valence electrons. The van der Waals surface area contributed by atoms with Gasteiger partial charge in [-0.05, 0) is 6.07 Å². The van der Waals surface area contributed by atoms with Gasteiger partial charge in [-0.1, -0.05) is 10.8 Å². The first-order chi connectivity index (χ1) is 13.3. The highest BCUT2D eigenvalue weighted by Gasteiger charge is 2.38. The number of aliphatic carboxylic acids is 1. The molecule has 0 aromatic carbocycles. The van der Waals surface area contributed by atoms with Crippen molar-refractivity contribution in [3.8, 4) is 0 Å². The standard InChI is InChI=1S/C13H22N2O4S2.C2HF3O2/c14-4-6-17-7-8-18-9-10-19-11-12-20-21-13-3-1-2-5-15(13)16;3-2(4,5)1(6)7/h1-3,5H,4,6-12,14H2;(H,6,7). The van der Waals surface area contributed by atoms with Crippen LogP contribution in [0.5, 0.6) is 0 Å². The van der Waals surface area contributed by atoms with E-state index in [0.29, 0.717) is 51.2 Å². The summed E-state index contributed by atoms with van der Waals surface area (Å²) in [4.78, 5) is 8.90. The highest BCUT2D eigenvalue weighted by Crippen LogP contribution is 2.27. The van der Waals surface area contributed by atoms with Gasteiger partial charge in [-0.3, -0.25) is 0 Å². The summed E-state index contributed by atoms with van der Waals surface area (Å²) >= 11 is 0. The minimum absolute atomic E-state index is 0.536. The second-order valence-corrected chi connectivity index (χ2v) is 7.13. The quantitative estimate of drug-likeness (QED) is 0.201. The molecule has 1 aromatic heterocycles. The Morgan fingerprint density at radius 1 is 1.11 bits per heavy atom. The van der Waals surface area contributed by atoms with Crippen LogP contribution in [-0.4, -0.2) is 69.2 Å². The molecule has 8 nitrogen and oxygen atoms in total. The summed E-state index contributed by atoms with van der Waals surface area (Å²) < 4.78 is 48.5. The smallest absolute Gasteiger partial charge is 0.490 e. The Kier molecular flexibility index (Phi) is 15.9. The Labute approximate surface area is 168 Å². The zero-order chi connectivity index (χ0) is 21.3. The van der Waals surface area contributed by atoms with Gasteiger partial charge in [-0.2, -0.15) is 17.9 Å². The Bertz CT molecular complexity index is 541. The number of hydrogen-bond donors (Lipinski definition) is 2. The summed E-state index contributed by atoms with van der Waals surface area (Å²) in [6, 6.07) is 5.36. The van der Waals surface area contributed by atoms with E-state index >= 15 is 0 Å². The van der Waals surface area contributed by atoms with E-state index in [9.17, 15) is 18.4 Å². The van der Waals surface area contributed by atoms with Gasteiger partial charge in [-0.15, -0.1) is 0 Å². The van der Waals surface area contributed by atoms with Crippen molar-refractivity contribution in [1.29, 1.82) is 0 Å². The monoisotopic (exact) mass is 448 g/mol. The predicted molar refractivity (Wildman–Crippen MR) is 98.9 cm³/mol. The van der Waals surface area contributed by atoms with Gasteiger partial charge in [0.15, 0.2) is 6.20 Å². The fourth-order valence-corrected chi connectivity index (χ4v) is 3.16. The molecule has 0 unspecified atom stereocenters. The van der Waals surface area contributed by atoms with Gasteiger partial charge >= 0.3 is 12.1 Å². The van der Waals surface area contributed by atoms with E-state index in [1.807, 2.05) is 6.07 Å². The van der Waals surface area contributed by atoms with Crippen molar-refractivity contribution in [3.05, 3.63) is 29.6 Å². The maximum Gasteiger partial charge on any atom is 0.490 e. The van der Waals surface area contributed by atoms with Gasteiger partial charge in [-0.25, -0.2) is 4.79 Å². The third kappa shape index (κ3) is 15.8. The number of rotatable bonds is 13. The summed E-state index contributed by atoms with van der Waals surface area (Å²) in [7, 11) is 3.05. The van der Waals surface area contributed by atoms with Crippen LogP contribution in [0.2, 0.25) is 0 Å². The third-order valence-corrected chi connectivity index (χ3v) is 4.80. The Balaban J connectivity index is 0.000000887. The lowest BCUT2D eigenvalue weighted by atomic mass is 10.5. The molecule has 0 saturated carbocycles. The molecular weight excluding hydrogens is 425 g/mol. The van der Waals surface area contributed by atoms with Crippen LogP contribution in [0.4, 0.5) is 13.2 Å². The number of ether oxygens (including phenoxy) is 3. The molecule has 0 aliphatic rings. The molecule has 3 N–H and O–H groups in total. The highest BCUT2D eigenvalue weighted by molar-refractivity contribution is 8.76. The van der Waals surface area contributed by atoms with Gasteiger partial charge in [0.2, 0.25) is 0 Å². The molecule has 1 rings (SSSR count). The average molecular weight is 448 g/mol. The van der Waals surface area contributed by atoms with Crippen molar-refractivity contribution in [2.24, 2.45) is 5.73 Å². The van der Waals surface area contributed by atoms with Crippen LogP contribution in [0.1, 0.15) is 0 Å². The van der Waals surface area contributed by atoms with Crippen molar-refractivity contribution in [2.45, 2.75) is 11.2 Å². The average Bonchev–Trinajstić information content (AvgIpc) is 2.64. The van der Waals surface area contributed by atoms with Gasteiger partial charge in [0.05, 0.1) is 39.6 Å². The second kappa shape index (κ2) is 16.7. The number of carboxylic acids is 1. The predicted octanol–water partition coefficient (Wildman–Crippen LogP) is 1.70. The van der Waals surface area contributed by atoms with E-state index in [1.54, 1.807) is 22.9 Å². The largest absolute Gasteiger partial charge is 0.618 e. The van der Waals surface area contributed by atoms with Crippen LogP contribution < -0.4 is 10.5 Å². The number of halogens is 3. The van der Waals surface area contributed by atoms with E-state index < -0.39 is 12.1 Å². The summed E-state index contributed by atoms with van der Waals surface area (Å²) in [5.41, 5.74) is 5.29. The van der Waals surface area contributed by atoms with E-state index in [1.165, 1.54) is 17.0 Å². The minimum Gasteiger partial charge on any atom is -0.618 e. The lowest BCUT2D eigenvalue weighted by Gasteiger charge is -2.06. The first kappa shape index (κ1) is 26.8. The van der Waals surface area contributed by atoms with Crippen molar-refractivity contribution in [2.75, 3.05) is 51.9 Å². The molecule has 0 bridgehead atoms. The molecule has 0 radical (unpaired) electrons. The number of nitrogens with zero attached hydrogens (tertiary/aromatic N) is 1. The van der Waals surface area contributed by atoms with Crippen LogP contribution >= 0.6 is 21.6 Å². The maximum absolute atomic E-state index is 11.4. The van der Waals surface area contributed by atoms with Gasteiger partial charge in [0.25, 0.3) is 5.03 Å². The SMILES string of the molecule is NCCOCCOCCOCCSSc1cccc[n+]1[O-].O=C(O)C(F)(F)F. The fourth-order valence-electron chi connectivity index (χ4n) is 1.30. The molecule has 1 heterocycles. The first-order valence-corrected chi connectivity index (χ1v) is 10.3. The van der Waals surface area contributed by atoms with Crippen LogP contribution in [0, 0.1) is 5.21 Å². The number of carboxylic acid groups (broad SMARTS) is 1. The Morgan fingerprint density at radius 2 is 1.64 bits per heavy atom. The molecule has 0 atom stereocenters. The number of hydrogen-bond acceptors (Lipinski definition) is 8. The summed E-state index contributed by atoms with van der Waals surface area (Å²) in [6.07, 6.45) is -3.59. The molecule has 13 heteroatoms. The number of aromatic nitrogens is 1. The van der Waals surface area contributed by atoms with Gasteiger partial charge < -0.3 is 30.3 Å². The molecule has 28 heavy (non-hydrogen) atoms. The summed E-state index contributed by atoms with van der Waals surface area (Å²) in [6.45, 7) is 3.99. The fraction of sp³-hybridized carbons (Fsp3) is 0.600. The third-order valence-electron chi connectivity index (χ3n) is 2.49. The second-order valence-electron chi connectivity index (χ2n) is 4.70. The molecular formula is C15H23F3N2O6S2. The Hall–Kier alpha value is -1.25. The molecule has 0 aliphatic carbocycles. The van der Waals surface area contributed by atoms with Crippen molar-refractivity contribution in [3.63, 3.8) is 0 Å². The zero-order valence-corrected chi connectivity index (χ0v) is 16.6. The van der Waals surface area contributed by atoms with E-state index in [0.717, 1.165) is 10.5 Å². The van der Waals surface area contributed by atoms with Gasteiger partial charge in [0, 0.05) is 35.2 Å². The van der Waals surface area contributed by atoms with Crippen molar-refractivity contribution in [1.82, 2.24) is 0 Å². The van der Waals surface area contributed by atoms with Crippen LogP contribution in [-0.2, 0) is 19.0 Å². The number of nitrogens with two attached hydrogens (primary N) is 1. The van der Waals surface area contributed by atoms with Crippen LogP contribution in [0.15, 0.2) is 29.4 Å². The topological polar surface area (TPSA) is 118 Å². The van der Waals surface area contributed by atoms with E-state index in [-0.39, 0.29) is 0 Å². The lowest BCUT2D eigenvalue weighted by Crippen LogP contribution is -2.27. The van der Waals surface area contributed by atoms with Crippen LogP contribution in [0.3, 0.4) is 0 Å². The van der Waals surface area contributed by atoms with Crippen molar-refractivity contribution < 1.29 is 42.0 Å². The normalized spacial score (nSPS) is 11.0. The molecule has 1 aromatic rings. The zero-order valence-electron chi connectivity index (χ0n) is 14.9. The number of pyridine rings is 1. The van der Waals surface area contributed by atoms with Gasteiger partial charge in [0.1, 0.15) is 0 Å². The summed E-state index contributed by atoms with van der Waals surface area (Å²) in [5, 5.41) is 19.2. The van der Waals surface area contributed by atoms with E-state index in [2.05, 4.69) is 0 Å². The molecule has 0 amide bonds. The molecule has 0 fully saturated rings. The minimum atomic E-state index is -5.08.